The lowest BCUT2D eigenvalue weighted by Crippen LogP contribution is -2.29. The molecule has 0 aliphatic rings. The molecule has 0 saturated carbocycles. The zero-order valence-electron chi connectivity index (χ0n) is 12.3. The van der Waals surface area contributed by atoms with Crippen molar-refractivity contribution in [3.05, 3.63) is 58.4 Å². The van der Waals surface area contributed by atoms with E-state index in [4.69, 9.17) is 0 Å². The summed E-state index contributed by atoms with van der Waals surface area (Å²) in [6, 6.07) is 9.41. The highest BCUT2D eigenvalue weighted by atomic mass is 16.2. The van der Waals surface area contributed by atoms with Crippen LogP contribution in [-0.2, 0) is 20.6 Å². The first-order valence-electron chi connectivity index (χ1n) is 6.78. The number of aromatic nitrogens is 4. The Morgan fingerprint density at radius 2 is 2.05 bits per heavy atom. The number of benzene rings is 1. The molecule has 7 heteroatoms. The smallest absolute Gasteiger partial charge is 0.291 e. The fraction of sp³-hybridized carbons (Fsp3) is 0.200. The van der Waals surface area contributed by atoms with Crippen molar-refractivity contribution in [2.75, 3.05) is 0 Å². The van der Waals surface area contributed by atoms with Gasteiger partial charge >= 0.3 is 0 Å². The number of hydrogen-bond donors (Lipinski definition) is 1. The van der Waals surface area contributed by atoms with Crippen molar-refractivity contribution in [1.29, 1.82) is 0 Å². The molecule has 1 N–H and O–H groups in total. The Kier molecular flexibility index (Phi) is 3.46. The molecule has 0 radical (unpaired) electrons. The van der Waals surface area contributed by atoms with Gasteiger partial charge in [0, 0.05) is 26.2 Å². The number of nitrogens with zero attached hydrogens (tertiary/aromatic N) is 4. The first kappa shape index (κ1) is 14.0. The van der Waals surface area contributed by atoms with Crippen LogP contribution in [0.15, 0.2) is 41.5 Å². The Morgan fingerprint density at radius 3 is 2.77 bits per heavy atom. The van der Waals surface area contributed by atoms with Gasteiger partial charge in [-0.05, 0) is 17.5 Å². The number of amides is 1. The van der Waals surface area contributed by atoms with Crippen molar-refractivity contribution in [3.63, 3.8) is 0 Å². The molecule has 0 aliphatic heterocycles. The van der Waals surface area contributed by atoms with Crippen molar-refractivity contribution in [3.8, 4) is 0 Å². The summed E-state index contributed by atoms with van der Waals surface area (Å²) in [5.74, 6) is -0.323. The van der Waals surface area contributed by atoms with E-state index >= 15 is 0 Å². The first-order valence-corrected chi connectivity index (χ1v) is 6.78. The lowest BCUT2D eigenvalue weighted by molar-refractivity contribution is 0.0940. The third-order valence-electron chi connectivity index (χ3n) is 3.45. The van der Waals surface area contributed by atoms with Gasteiger partial charge in [-0.3, -0.25) is 14.3 Å². The van der Waals surface area contributed by atoms with E-state index < -0.39 is 5.91 Å². The predicted molar refractivity (Wildman–Crippen MR) is 81.4 cm³/mol. The second-order valence-electron chi connectivity index (χ2n) is 5.02. The lowest BCUT2D eigenvalue weighted by atomic mass is 10.1. The van der Waals surface area contributed by atoms with Crippen LogP contribution in [0.2, 0.25) is 0 Å². The number of rotatable bonds is 3. The molecule has 3 aromatic rings. The summed E-state index contributed by atoms with van der Waals surface area (Å²) < 4.78 is 3.03. The number of nitrogens with one attached hydrogen (secondary N) is 1. The fourth-order valence-electron chi connectivity index (χ4n) is 2.31. The zero-order chi connectivity index (χ0) is 15.7. The summed E-state index contributed by atoms with van der Waals surface area (Å²) in [6.07, 6.45) is 1.45. The van der Waals surface area contributed by atoms with Gasteiger partial charge in [-0.2, -0.15) is 0 Å². The van der Waals surface area contributed by atoms with Gasteiger partial charge in [0.25, 0.3) is 11.5 Å². The molecule has 1 amide bonds. The molecule has 112 valence electrons. The monoisotopic (exact) mass is 297 g/mol. The third kappa shape index (κ3) is 2.48. The maximum absolute atomic E-state index is 12.3. The zero-order valence-corrected chi connectivity index (χ0v) is 12.3. The number of carbonyl (C=O) groups is 1. The van der Waals surface area contributed by atoms with Crippen LogP contribution in [0.3, 0.4) is 0 Å². The third-order valence-corrected chi connectivity index (χ3v) is 3.45. The predicted octanol–water partition coefficient (Wildman–Crippen LogP) is 0.597. The summed E-state index contributed by atoms with van der Waals surface area (Å²) in [6.45, 7) is 0.134. The molecular formula is C15H15N5O2. The van der Waals surface area contributed by atoms with Gasteiger partial charge in [0.1, 0.15) is 6.33 Å². The summed E-state index contributed by atoms with van der Waals surface area (Å²) >= 11 is 0. The van der Waals surface area contributed by atoms with Crippen molar-refractivity contribution in [1.82, 2.24) is 24.6 Å². The molecule has 0 unspecified atom stereocenters. The highest BCUT2D eigenvalue weighted by Gasteiger charge is 2.12. The number of para-hydroxylation sites is 1. The van der Waals surface area contributed by atoms with Crippen LogP contribution in [0.25, 0.3) is 10.9 Å². The lowest BCUT2D eigenvalue weighted by Gasteiger charge is -2.09. The minimum absolute atomic E-state index is 0.0834. The van der Waals surface area contributed by atoms with E-state index in [2.05, 4.69) is 15.4 Å². The van der Waals surface area contributed by atoms with Gasteiger partial charge < -0.3 is 9.88 Å². The Morgan fingerprint density at radius 1 is 1.27 bits per heavy atom. The van der Waals surface area contributed by atoms with Crippen LogP contribution in [-0.4, -0.2) is 25.2 Å². The molecule has 2 aromatic heterocycles. The fourth-order valence-corrected chi connectivity index (χ4v) is 2.31. The minimum Gasteiger partial charge on any atom is -0.345 e. The van der Waals surface area contributed by atoms with E-state index in [1.165, 1.54) is 11.0 Å². The Labute approximate surface area is 126 Å². The van der Waals surface area contributed by atoms with E-state index in [9.17, 15) is 9.59 Å². The van der Waals surface area contributed by atoms with Crippen LogP contribution in [0.1, 0.15) is 16.2 Å². The van der Waals surface area contributed by atoms with E-state index in [-0.39, 0.29) is 17.9 Å². The molecule has 0 saturated heterocycles. The molecular weight excluding hydrogens is 282 g/mol. The molecule has 0 spiro atoms. The Bertz CT molecular complexity index is 910. The molecule has 0 bridgehead atoms. The quantitative estimate of drug-likeness (QED) is 0.767. The van der Waals surface area contributed by atoms with Gasteiger partial charge in [-0.25, -0.2) is 4.98 Å². The van der Waals surface area contributed by atoms with Crippen LogP contribution in [0.5, 0.6) is 0 Å². The van der Waals surface area contributed by atoms with Crippen LogP contribution >= 0.6 is 0 Å². The number of carbonyl (C=O) groups excluding carboxylic acids is 1. The largest absolute Gasteiger partial charge is 0.345 e. The van der Waals surface area contributed by atoms with Gasteiger partial charge in [-0.15, -0.1) is 5.10 Å². The number of hydrogen-bond acceptors (Lipinski definition) is 4. The molecule has 22 heavy (non-hydrogen) atoms. The summed E-state index contributed by atoms with van der Waals surface area (Å²) in [4.78, 5) is 28.1. The van der Waals surface area contributed by atoms with Crippen LogP contribution in [0.4, 0.5) is 0 Å². The summed E-state index contributed by atoms with van der Waals surface area (Å²) in [5.41, 5.74) is 1.24. The standard InChI is InChI=1S/C15H15N5O2/c1-19-9-17-13(18-19)14(21)16-8-11-7-10-5-3-4-6-12(10)20(2)15(11)22/h3-7,9H,8H2,1-2H3,(H,16,21). The van der Waals surface area contributed by atoms with Crippen molar-refractivity contribution in [2.24, 2.45) is 14.1 Å². The maximum atomic E-state index is 12.3. The van der Waals surface area contributed by atoms with Gasteiger partial charge in [0.2, 0.25) is 5.82 Å². The van der Waals surface area contributed by atoms with E-state index in [1.807, 2.05) is 24.3 Å². The van der Waals surface area contributed by atoms with Gasteiger partial charge in [0.15, 0.2) is 0 Å². The second kappa shape index (κ2) is 5.44. The number of fused-ring (bicyclic) bond motifs is 1. The summed E-state index contributed by atoms with van der Waals surface area (Å²) in [5, 5.41) is 7.54. The topological polar surface area (TPSA) is 81.8 Å². The van der Waals surface area contributed by atoms with Crippen LogP contribution < -0.4 is 10.9 Å². The molecule has 7 nitrogen and oxygen atoms in total. The van der Waals surface area contributed by atoms with Gasteiger partial charge in [-0.1, -0.05) is 18.2 Å². The maximum Gasteiger partial charge on any atom is 0.291 e. The molecule has 2 heterocycles. The second-order valence-corrected chi connectivity index (χ2v) is 5.02. The molecule has 0 atom stereocenters. The minimum atomic E-state index is -0.407. The van der Waals surface area contributed by atoms with Crippen molar-refractivity contribution in [2.45, 2.75) is 6.54 Å². The van der Waals surface area contributed by atoms with Gasteiger partial charge in [0.05, 0.1) is 5.52 Å². The number of aryl methyl sites for hydroxylation is 2. The Balaban J connectivity index is 1.86. The SMILES string of the molecule is Cn1cnc(C(=O)NCc2cc3ccccc3n(C)c2=O)n1. The van der Waals surface area contributed by atoms with E-state index in [1.54, 1.807) is 24.7 Å². The average molecular weight is 297 g/mol. The molecule has 1 aromatic carbocycles. The molecule has 0 fully saturated rings. The normalized spacial score (nSPS) is 10.8. The average Bonchev–Trinajstić information content (AvgIpc) is 2.96. The molecule has 0 aliphatic carbocycles. The molecule has 3 rings (SSSR count). The highest BCUT2D eigenvalue weighted by molar-refractivity contribution is 5.90. The van der Waals surface area contributed by atoms with E-state index in [0.29, 0.717) is 5.56 Å². The van der Waals surface area contributed by atoms with Crippen LogP contribution in [0, 0.1) is 0 Å². The Hall–Kier alpha value is -2.96. The van der Waals surface area contributed by atoms with Crippen molar-refractivity contribution < 1.29 is 4.79 Å². The number of pyridine rings is 1. The first-order chi connectivity index (χ1) is 10.6. The van der Waals surface area contributed by atoms with E-state index in [0.717, 1.165) is 10.9 Å². The van der Waals surface area contributed by atoms with Crippen molar-refractivity contribution >= 4 is 16.8 Å². The summed E-state index contributed by atoms with van der Waals surface area (Å²) in [7, 11) is 3.40. The highest BCUT2D eigenvalue weighted by Crippen LogP contribution is 2.12.